The Kier molecular flexibility index (Phi) is 7.67. The molecular weight excluding hydrogens is 427 g/mol. The molecule has 1 aliphatic rings. The van der Waals surface area contributed by atoms with E-state index in [1.54, 1.807) is 0 Å². The van der Waals surface area contributed by atoms with E-state index in [1.807, 2.05) is 19.2 Å². The summed E-state index contributed by atoms with van der Waals surface area (Å²) in [4.78, 5) is 8.55. The molecule has 0 aliphatic heterocycles. The van der Waals surface area contributed by atoms with Crippen LogP contribution in [0.15, 0.2) is 35.6 Å². The highest BCUT2D eigenvalue weighted by molar-refractivity contribution is 14.0. The van der Waals surface area contributed by atoms with Gasteiger partial charge in [0.1, 0.15) is 6.33 Å². The molecule has 0 saturated heterocycles. The van der Waals surface area contributed by atoms with E-state index in [0.717, 1.165) is 29.8 Å². The van der Waals surface area contributed by atoms with Gasteiger partial charge in [0.2, 0.25) is 0 Å². The van der Waals surface area contributed by atoms with Crippen LogP contribution in [0.2, 0.25) is 0 Å². The van der Waals surface area contributed by atoms with Crippen molar-refractivity contribution in [1.29, 1.82) is 0 Å². The first-order chi connectivity index (χ1) is 11.7. The molecule has 1 aromatic carbocycles. The maximum atomic E-state index is 4.35. The van der Waals surface area contributed by atoms with Crippen LogP contribution in [-0.2, 0) is 6.54 Å². The van der Waals surface area contributed by atoms with Crippen molar-refractivity contribution in [3.63, 3.8) is 0 Å². The number of hydrogen-bond acceptors (Lipinski definition) is 3. The van der Waals surface area contributed by atoms with E-state index in [1.165, 1.54) is 37.6 Å². The van der Waals surface area contributed by atoms with Crippen LogP contribution in [0.4, 0.5) is 0 Å². The number of H-pyrrole nitrogens is 1. The molecule has 1 fully saturated rings. The zero-order valence-corrected chi connectivity index (χ0v) is 17.2. The number of aliphatic imine (C=N–C) groups is 1. The fourth-order valence-electron chi connectivity index (χ4n) is 3.15. The van der Waals surface area contributed by atoms with E-state index in [9.17, 15) is 0 Å². The normalized spacial score (nSPS) is 20.6. The third kappa shape index (κ3) is 5.69. The lowest BCUT2D eigenvalue weighted by atomic mass is 9.87. The lowest BCUT2D eigenvalue weighted by Gasteiger charge is -2.28. The molecule has 0 bridgehead atoms. The van der Waals surface area contributed by atoms with Gasteiger partial charge in [0.15, 0.2) is 11.8 Å². The summed E-state index contributed by atoms with van der Waals surface area (Å²) in [5.41, 5.74) is 2.22. The molecule has 0 radical (unpaired) electrons. The van der Waals surface area contributed by atoms with Crippen LogP contribution >= 0.6 is 24.0 Å². The van der Waals surface area contributed by atoms with Crippen molar-refractivity contribution in [1.82, 2.24) is 25.8 Å². The molecule has 1 heterocycles. The molecule has 3 rings (SSSR count). The molecule has 1 aromatic heterocycles. The van der Waals surface area contributed by atoms with E-state index >= 15 is 0 Å². The lowest BCUT2D eigenvalue weighted by Crippen LogP contribution is -2.44. The van der Waals surface area contributed by atoms with Crippen molar-refractivity contribution >= 4 is 29.9 Å². The molecule has 3 N–H and O–H groups in total. The van der Waals surface area contributed by atoms with Gasteiger partial charge in [0, 0.05) is 25.2 Å². The highest BCUT2D eigenvalue weighted by Crippen LogP contribution is 2.23. The molecule has 0 spiro atoms. The maximum absolute atomic E-state index is 4.35. The van der Waals surface area contributed by atoms with Crippen molar-refractivity contribution in [2.75, 3.05) is 7.05 Å². The average Bonchev–Trinajstić information content (AvgIpc) is 3.15. The fraction of sp³-hybridized carbons (Fsp3) is 0.500. The first-order valence-corrected chi connectivity index (χ1v) is 8.66. The van der Waals surface area contributed by atoms with Crippen LogP contribution in [0.5, 0.6) is 0 Å². The minimum atomic E-state index is 0. The Hall–Kier alpha value is -1.64. The summed E-state index contributed by atoms with van der Waals surface area (Å²) >= 11 is 0. The predicted molar refractivity (Wildman–Crippen MR) is 112 cm³/mol. The SMILES string of the molecule is CN=C(NCc1cccc(-c2ncn[nH]2)c1)NC1CCC(C)CC1.I. The quantitative estimate of drug-likeness (QED) is 0.376. The molecule has 25 heavy (non-hydrogen) atoms. The van der Waals surface area contributed by atoms with Crippen LogP contribution in [-0.4, -0.2) is 34.2 Å². The van der Waals surface area contributed by atoms with Crippen molar-refractivity contribution < 1.29 is 0 Å². The number of guanidine groups is 1. The number of nitrogens with zero attached hydrogens (tertiary/aromatic N) is 3. The summed E-state index contributed by atoms with van der Waals surface area (Å²) in [6.45, 7) is 3.07. The minimum absolute atomic E-state index is 0. The Bertz CT molecular complexity index is 662. The Morgan fingerprint density at radius 1 is 1.28 bits per heavy atom. The monoisotopic (exact) mass is 454 g/mol. The first-order valence-electron chi connectivity index (χ1n) is 8.66. The van der Waals surface area contributed by atoms with E-state index in [-0.39, 0.29) is 24.0 Å². The Labute approximate surface area is 166 Å². The van der Waals surface area contributed by atoms with Crippen LogP contribution in [0, 0.1) is 5.92 Å². The molecule has 0 atom stereocenters. The lowest BCUT2D eigenvalue weighted by molar-refractivity contribution is 0.329. The van der Waals surface area contributed by atoms with E-state index in [2.05, 4.69) is 49.9 Å². The van der Waals surface area contributed by atoms with E-state index < -0.39 is 0 Å². The largest absolute Gasteiger partial charge is 0.354 e. The number of rotatable bonds is 4. The topological polar surface area (TPSA) is 78.0 Å². The van der Waals surface area contributed by atoms with Crippen LogP contribution < -0.4 is 10.6 Å². The Morgan fingerprint density at radius 2 is 2.08 bits per heavy atom. The second-order valence-electron chi connectivity index (χ2n) is 6.56. The number of halogens is 1. The van der Waals surface area contributed by atoms with Crippen molar-refractivity contribution in [3.05, 3.63) is 36.2 Å². The summed E-state index contributed by atoms with van der Waals surface area (Å²) in [6.07, 6.45) is 6.57. The van der Waals surface area contributed by atoms with Crippen LogP contribution in [0.1, 0.15) is 38.2 Å². The zero-order chi connectivity index (χ0) is 16.8. The zero-order valence-electron chi connectivity index (χ0n) is 14.8. The molecule has 2 aromatic rings. The molecule has 1 saturated carbocycles. The van der Waals surface area contributed by atoms with Gasteiger partial charge >= 0.3 is 0 Å². The second-order valence-corrected chi connectivity index (χ2v) is 6.56. The van der Waals surface area contributed by atoms with Gasteiger partial charge in [-0.25, -0.2) is 4.98 Å². The third-order valence-corrected chi connectivity index (χ3v) is 4.66. The van der Waals surface area contributed by atoms with Crippen LogP contribution in [0.3, 0.4) is 0 Å². The number of aromatic nitrogens is 3. The average molecular weight is 454 g/mol. The smallest absolute Gasteiger partial charge is 0.191 e. The van der Waals surface area contributed by atoms with E-state index in [0.29, 0.717) is 6.04 Å². The second kappa shape index (κ2) is 9.74. The molecule has 136 valence electrons. The van der Waals surface area contributed by atoms with Gasteiger partial charge in [-0.3, -0.25) is 10.1 Å². The van der Waals surface area contributed by atoms with Crippen molar-refractivity contribution in [2.45, 2.75) is 45.2 Å². The van der Waals surface area contributed by atoms with Crippen molar-refractivity contribution in [2.24, 2.45) is 10.9 Å². The standard InChI is InChI=1S/C18H26N6.HI/c1-13-6-8-16(9-7-13)23-18(19-2)20-11-14-4-3-5-15(10-14)17-21-12-22-24-17;/h3-5,10,12-13,16H,6-9,11H2,1-2H3,(H2,19,20,23)(H,21,22,24);1H. The van der Waals surface area contributed by atoms with Gasteiger partial charge in [-0.1, -0.05) is 25.1 Å². The van der Waals surface area contributed by atoms with Gasteiger partial charge in [-0.2, -0.15) is 5.10 Å². The molecule has 1 aliphatic carbocycles. The predicted octanol–water partition coefficient (Wildman–Crippen LogP) is 3.33. The molecule has 0 unspecified atom stereocenters. The summed E-state index contributed by atoms with van der Waals surface area (Å²) in [5.74, 6) is 2.52. The fourth-order valence-corrected chi connectivity index (χ4v) is 3.15. The maximum Gasteiger partial charge on any atom is 0.191 e. The van der Waals surface area contributed by atoms with Crippen molar-refractivity contribution in [3.8, 4) is 11.4 Å². The van der Waals surface area contributed by atoms with E-state index in [4.69, 9.17) is 0 Å². The highest BCUT2D eigenvalue weighted by Gasteiger charge is 2.18. The summed E-state index contributed by atoms with van der Waals surface area (Å²) < 4.78 is 0. The van der Waals surface area contributed by atoms with Gasteiger partial charge in [-0.05, 0) is 43.2 Å². The molecule has 0 amide bonds. The molecule has 6 nitrogen and oxygen atoms in total. The minimum Gasteiger partial charge on any atom is -0.354 e. The number of aromatic amines is 1. The Morgan fingerprint density at radius 3 is 2.76 bits per heavy atom. The first kappa shape index (κ1) is 19.7. The third-order valence-electron chi connectivity index (χ3n) is 4.66. The van der Waals surface area contributed by atoms with Gasteiger partial charge in [0.05, 0.1) is 0 Å². The highest BCUT2D eigenvalue weighted by atomic mass is 127. The molecular formula is C18H27IN6. The number of nitrogens with one attached hydrogen (secondary N) is 3. The van der Waals surface area contributed by atoms with Gasteiger partial charge < -0.3 is 10.6 Å². The summed E-state index contributed by atoms with van der Waals surface area (Å²) in [5, 5.41) is 13.8. The number of benzene rings is 1. The summed E-state index contributed by atoms with van der Waals surface area (Å²) in [6, 6.07) is 8.81. The molecule has 7 heteroatoms. The van der Waals surface area contributed by atoms with Gasteiger partial charge in [-0.15, -0.1) is 24.0 Å². The summed E-state index contributed by atoms with van der Waals surface area (Å²) in [7, 11) is 1.83. The van der Waals surface area contributed by atoms with Crippen LogP contribution in [0.25, 0.3) is 11.4 Å². The Balaban J connectivity index is 0.00000225. The number of hydrogen-bond donors (Lipinski definition) is 3. The van der Waals surface area contributed by atoms with Gasteiger partial charge in [0.25, 0.3) is 0 Å².